The highest BCUT2D eigenvalue weighted by molar-refractivity contribution is 6.30. The van der Waals surface area contributed by atoms with Crippen molar-refractivity contribution in [3.05, 3.63) is 141 Å². The van der Waals surface area contributed by atoms with Gasteiger partial charge in [-0.3, -0.25) is 0 Å². The molecular weight excluding hydrogens is 594 g/mol. The lowest BCUT2D eigenvalue weighted by Gasteiger charge is -2.42. The van der Waals surface area contributed by atoms with Crippen molar-refractivity contribution in [2.24, 2.45) is 0 Å². The zero-order valence-corrected chi connectivity index (χ0v) is 27.0. The molecule has 4 N–H and O–H groups in total. The lowest BCUT2D eigenvalue weighted by molar-refractivity contribution is -0.463. The van der Waals surface area contributed by atoms with E-state index in [1.807, 2.05) is 107 Å². The molecule has 0 bridgehead atoms. The van der Waals surface area contributed by atoms with E-state index in [1.54, 1.807) is 0 Å². The summed E-state index contributed by atoms with van der Waals surface area (Å²) in [6.07, 6.45) is 0. The highest BCUT2D eigenvalue weighted by atomic mass is 16.3. The standard InChI is InChI=1S/C40H31N7O/c1-44-28(19-41)33-36(30-21-11-6-8-13-23(21)38(45(2)3)24-14-9-7-12-22(24)30)40(48)37(33)35-31-25(15-10-16-26(31)42)39-34-29(46(4)20-47(39)5)18-17-27(43)32(34)35/h6-18H,20,42-43H2,2-5H3/b33-28+. The second-order valence-electron chi connectivity index (χ2n) is 12.7. The first-order valence-corrected chi connectivity index (χ1v) is 15.6. The van der Waals surface area contributed by atoms with Gasteiger partial charge in [0.05, 0.1) is 36.1 Å². The number of hydrogen-bond acceptors (Lipinski definition) is 6. The Balaban J connectivity index is 1.60. The maximum absolute atomic E-state index is 15.1. The zero-order chi connectivity index (χ0) is 33.6. The van der Waals surface area contributed by atoms with Gasteiger partial charge in [-0.1, -0.05) is 54.3 Å². The summed E-state index contributed by atoms with van der Waals surface area (Å²) in [4.78, 5) is 8.00. The Morgan fingerprint density at radius 1 is 0.792 bits per heavy atom. The van der Waals surface area contributed by atoms with Crippen LogP contribution in [-0.4, -0.2) is 45.1 Å². The molecular formula is C40H31N7O. The highest BCUT2D eigenvalue weighted by Crippen LogP contribution is 2.58. The fourth-order valence-electron chi connectivity index (χ4n) is 7.97. The monoisotopic (exact) mass is 625 g/mol. The Hall–Kier alpha value is -6.51. The number of hydrogen-bond donors (Lipinski definition) is 2. The van der Waals surface area contributed by atoms with E-state index in [4.69, 9.17) is 18.0 Å². The van der Waals surface area contributed by atoms with E-state index in [2.05, 4.69) is 25.3 Å². The fourth-order valence-corrected chi connectivity index (χ4v) is 7.97. The van der Waals surface area contributed by atoms with Crippen LogP contribution >= 0.6 is 0 Å². The van der Waals surface area contributed by atoms with E-state index in [-0.39, 0.29) is 17.0 Å². The van der Waals surface area contributed by atoms with E-state index in [1.165, 1.54) is 0 Å². The number of nitriles is 1. The van der Waals surface area contributed by atoms with Crippen molar-refractivity contribution >= 4 is 61.2 Å². The number of nitrogens with zero attached hydrogens (tertiary/aromatic N) is 5. The van der Waals surface area contributed by atoms with Crippen LogP contribution in [0, 0.1) is 17.9 Å². The third-order valence-electron chi connectivity index (χ3n) is 9.78. The molecule has 5 aromatic rings. The first-order valence-electron chi connectivity index (χ1n) is 15.6. The number of rotatable bonds is 1. The van der Waals surface area contributed by atoms with Crippen molar-refractivity contribution in [1.82, 2.24) is 0 Å². The lowest BCUT2D eigenvalue weighted by Crippen LogP contribution is -2.36. The molecule has 8 rings (SSSR count). The molecule has 232 valence electrons. The van der Waals surface area contributed by atoms with E-state index in [0.717, 1.165) is 50.1 Å². The van der Waals surface area contributed by atoms with E-state index >= 15 is 5.11 Å². The molecule has 0 radical (unpaired) electrons. The van der Waals surface area contributed by atoms with Gasteiger partial charge in [0.15, 0.2) is 0 Å². The van der Waals surface area contributed by atoms with Gasteiger partial charge in [-0.2, -0.15) is 0 Å². The molecule has 8 nitrogen and oxygen atoms in total. The lowest BCUT2D eigenvalue weighted by atomic mass is 9.69. The van der Waals surface area contributed by atoms with Gasteiger partial charge in [-0.25, -0.2) is 14.7 Å². The third-order valence-corrected chi connectivity index (χ3v) is 9.78. The van der Waals surface area contributed by atoms with Crippen molar-refractivity contribution in [3.8, 4) is 6.07 Å². The van der Waals surface area contributed by atoms with Crippen LogP contribution in [0.15, 0.2) is 101 Å². The second kappa shape index (κ2) is 10.2. The molecule has 0 amide bonds. The minimum absolute atomic E-state index is 0.152. The maximum Gasteiger partial charge on any atom is 0.270 e. The number of allylic oxidation sites excluding steroid dienone is 3. The predicted octanol–water partition coefficient (Wildman–Crippen LogP) is 5.71. The summed E-state index contributed by atoms with van der Waals surface area (Å²) in [7, 11) is 8.06. The minimum Gasteiger partial charge on any atom is -0.872 e. The van der Waals surface area contributed by atoms with Crippen LogP contribution in [0.25, 0.3) is 37.5 Å². The van der Waals surface area contributed by atoms with Crippen LogP contribution in [-0.2, 0) is 0 Å². The molecule has 0 fully saturated rings. The number of nitrogen functional groups attached to an aromatic ring is 2. The van der Waals surface area contributed by atoms with Gasteiger partial charge in [0, 0.05) is 63.8 Å². The van der Waals surface area contributed by atoms with Gasteiger partial charge >= 0.3 is 0 Å². The Labute approximate surface area is 278 Å². The van der Waals surface area contributed by atoms with Gasteiger partial charge < -0.3 is 26.4 Å². The topological polar surface area (TPSA) is 113 Å². The van der Waals surface area contributed by atoms with Crippen molar-refractivity contribution in [1.29, 1.82) is 5.26 Å². The number of nitrogens with two attached hydrogens (primary N) is 2. The van der Waals surface area contributed by atoms with E-state index < -0.39 is 0 Å². The average molecular weight is 626 g/mol. The first kappa shape index (κ1) is 28.9. The molecule has 0 aromatic heterocycles. The summed E-state index contributed by atoms with van der Waals surface area (Å²) in [5.74, 6) is -0.253. The van der Waals surface area contributed by atoms with Crippen LogP contribution in [0.3, 0.4) is 0 Å². The number of anilines is 4. The summed E-state index contributed by atoms with van der Waals surface area (Å²) < 4.78 is 2.08. The Kier molecular flexibility index (Phi) is 6.18. The van der Waals surface area contributed by atoms with Crippen LogP contribution < -0.4 is 26.4 Å². The summed E-state index contributed by atoms with van der Waals surface area (Å²) in [5, 5.41) is 28.7. The molecule has 0 saturated heterocycles. The minimum atomic E-state index is -0.253. The van der Waals surface area contributed by atoms with Crippen LogP contribution in [0.4, 0.5) is 22.7 Å². The van der Waals surface area contributed by atoms with Gasteiger partial charge in [-0.05, 0) is 58.2 Å². The van der Waals surface area contributed by atoms with Gasteiger partial charge in [0.1, 0.15) is 14.1 Å². The van der Waals surface area contributed by atoms with Crippen molar-refractivity contribution < 1.29 is 9.68 Å². The van der Waals surface area contributed by atoms with Crippen LogP contribution in [0.1, 0.15) is 27.8 Å². The molecule has 3 aliphatic rings. The Morgan fingerprint density at radius 2 is 1.42 bits per heavy atom. The molecule has 0 unspecified atom stereocenters. The van der Waals surface area contributed by atoms with Gasteiger partial charge in [0.25, 0.3) is 5.70 Å². The maximum atomic E-state index is 15.1. The molecule has 2 aliphatic carbocycles. The molecule has 48 heavy (non-hydrogen) atoms. The summed E-state index contributed by atoms with van der Waals surface area (Å²) in [5.41, 5.74) is 23.3. The van der Waals surface area contributed by atoms with E-state index in [0.29, 0.717) is 51.1 Å². The summed E-state index contributed by atoms with van der Waals surface area (Å²) >= 11 is 0. The molecule has 5 aromatic carbocycles. The molecule has 8 heteroatoms. The fraction of sp³-hybridized carbons (Fsp3) is 0.125. The molecule has 1 aliphatic heterocycles. The van der Waals surface area contributed by atoms with Crippen molar-refractivity contribution in [2.75, 3.05) is 56.1 Å². The zero-order valence-electron chi connectivity index (χ0n) is 27.0. The van der Waals surface area contributed by atoms with Crippen LogP contribution in [0.5, 0.6) is 0 Å². The smallest absolute Gasteiger partial charge is 0.270 e. The summed E-state index contributed by atoms with van der Waals surface area (Å²) in [6.45, 7) is 8.77. The molecule has 0 atom stereocenters. The first-order chi connectivity index (χ1) is 23.2. The average Bonchev–Trinajstić information content (AvgIpc) is 3.07. The van der Waals surface area contributed by atoms with Crippen molar-refractivity contribution in [3.63, 3.8) is 0 Å². The second-order valence-corrected chi connectivity index (χ2v) is 12.7. The van der Waals surface area contributed by atoms with Crippen molar-refractivity contribution in [2.45, 2.75) is 0 Å². The Morgan fingerprint density at radius 3 is 2.02 bits per heavy atom. The molecule has 0 saturated carbocycles. The predicted molar refractivity (Wildman–Crippen MR) is 192 cm³/mol. The third kappa shape index (κ3) is 3.66. The number of benzene rings is 5. The molecule has 1 heterocycles. The van der Waals surface area contributed by atoms with Gasteiger partial charge in [-0.15, -0.1) is 0 Å². The van der Waals surface area contributed by atoms with E-state index in [9.17, 15) is 5.26 Å². The largest absolute Gasteiger partial charge is 0.872 e. The quantitative estimate of drug-likeness (QED) is 0.0796. The summed E-state index contributed by atoms with van der Waals surface area (Å²) in [6, 6.07) is 27.7. The SMILES string of the molecule is [C-]#[N+]/C(C#N)=C1\C(=C2c3ccccc3C(=[N+](C)C)c3ccccc32)C([O-])=C1c1c2c(N)cccc2c2c3c(ccc(N)c13)N(C)CN2C. The highest BCUT2D eigenvalue weighted by Gasteiger charge is 2.39. The normalized spacial score (nSPS) is 16.0. The van der Waals surface area contributed by atoms with Crippen LogP contribution in [0.2, 0.25) is 0 Å². The van der Waals surface area contributed by atoms with Gasteiger partial charge in [0.2, 0.25) is 5.71 Å². The Bertz CT molecular complexity index is 2470. The number of fused-ring (bicyclic) bond motifs is 4. The molecule has 0 spiro atoms.